The predicted octanol–water partition coefficient (Wildman–Crippen LogP) is 2.96. The number of esters is 1. The molecular formula is C24H36N4O5S. The van der Waals surface area contributed by atoms with Crippen LogP contribution in [0.15, 0.2) is 23.1 Å². The number of ether oxygens (including phenoxy) is 1. The molecule has 1 aliphatic heterocycles. The van der Waals surface area contributed by atoms with Crippen molar-refractivity contribution in [3.63, 3.8) is 0 Å². The number of hydrogen-bond acceptors (Lipinski definition) is 6. The summed E-state index contributed by atoms with van der Waals surface area (Å²) in [6.45, 7) is 8.29. The highest BCUT2D eigenvalue weighted by molar-refractivity contribution is 7.89. The van der Waals surface area contributed by atoms with Crippen molar-refractivity contribution in [3.05, 3.63) is 24.0 Å². The van der Waals surface area contributed by atoms with Crippen LogP contribution in [0, 0.1) is 0 Å². The molecule has 1 aromatic heterocycles. The standard InChI is InChI=1S/C24H36N4O5S/c1-7-27-21-12-11-19(34(31,32)26(5)6)15-20(21)25-22(27)13-14-23(29)33-18(4)24(30)28-16(2)9-8-10-17(28)3/h11-12,15-18H,7-10,13-14H2,1-6H3/t16-,17+,18-/m0/s1. The monoisotopic (exact) mass is 492 g/mol. The number of aromatic nitrogens is 2. The normalized spacial score (nSPS) is 20.0. The maximum atomic E-state index is 12.9. The Bertz CT molecular complexity index is 1150. The first-order valence-corrected chi connectivity index (χ1v) is 13.3. The summed E-state index contributed by atoms with van der Waals surface area (Å²) < 4.78 is 33.5. The predicted molar refractivity (Wildman–Crippen MR) is 130 cm³/mol. The molecule has 10 heteroatoms. The maximum Gasteiger partial charge on any atom is 0.307 e. The summed E-state index contributed by atoms with van der Waals surface area (Å²) in [5, 5.41) is 0. The van der Waals surface area contributed by atoms with Crippen LogP contribution in [-0.2, 0) is 37.3 Å². The van der Waals surface area contributed by atoms with Gasteiger partial charge in [-0.15, -0.1) is 0 Å². The minimum atomic E-state index is -3.57. The Kier molecular flexibility index (Phi) is 8.02. The second-order valence-electron chi connectivity index (χ2n) is 9.22. The number of amides is 1. The minimum Gasteiger partial charge on any atom is -0.453 e. The Hall–Kier alpha value is -2.46. The number of hydrogen-bond donors (Lipinski definition) is 0. The lowest BCUT2D eigenvalue weighted by Crippen LogP contribution is -2.51. The first kappa shape index (κ1) is 26.2. The van der Waals surface area contributed by atoms with Gasteiger partial charge in [0.15, 0.2) is 6.10 Å². The largest absolute Gasteiger partial charge is 0.453 e. The topological polar surface area (TPSA) is 102 Å². The average molecular weight is 493 g/mol. The third kappa shape index (κ3) is 5.27. The second-order valence-corrected chi connectivity index (χ2v) is 11.4. The Morgan fingerprint density at radius 2 is 1.85 bits per heavy atom. The smallest absolute Gasteiger partial charge is 0.307 e. The summed E-state index contributed by atoms with van der Waals surface area (Å²) in [6.07, 6.45) is 2.59. The second kappa shape index (κ2) is 10.4. The molecule has 0 aliphatic carbocycles. The number of benzene rings is 1. The molecule has 0 saturated carbocycles. The Balaban J connectivity index is 1.69. The minimum absolute atomic E-state index is 0.0783. The highest BCUT2D eigenvalue weighted by Gasteiger charge is 2.33. The van der Waals surface area contributed by atoms with Crippen LogP contribution >= 0.6 is 0 Å². The molecule has 0 radical (unpaired) electrons. The Morgan fingerprint density at radius 1 is 1.21 bits per heavy atom. The van der Waals surface area contributed by atoms with Crippen molar-refractivity contribution in [2.75, 3.05) is 14.1 Å². The number of rotatable bonds is 8. The molecule has 1 saturated heterocycles. The van der Waals surface area contributed by atoms with E-state index in [-0.39, 0.29) is 29.3 Å². The van der Waals surface area contributed by atoms with Gasteiger partial charge >= 0.3 is 5.97 Å². The summed E-state index contributed by atoms with van der Waals surface area (Å²) in [5.41, 5.74) is 1.37. The molecule has 34 heavy (non-hydrogen) atoms. The zero-order valence-electron chi connectivity index (χ0n) is 20.9. The molecule has 2 heterocycles. The number of imidazole rings is 1. The molecule has 1 aliphatic rings. The SMILES string of the molecule is CCn1c(CCC(=O)O[C@@H](C)C(=O)N2[C@H](C)CCC[C@@H]2C)nc2cc(S(=O)(=O)N(C)C)ccc21. The summed E-state index contributed by atoms with van der Waals surface area (Å²) in [6, 6.07) is 5.15. The van der Waals surface area contributed by atoms with Crippen molar-refractivity contribution >= 4 is 32.9 Å². The highest BCUT2D eigenvalue weighted by Crippen LogP contribution is 2.25. The van der Waals surface area contributed by atoms with Crippen LogP contribution in [0.3, 0.4) is 0 Å². The molecule has 1 fully saturated rings. The lowest BCUT2D eigenvalue weighted by molar-refractivity contribution is -0.162. The van der Waals surface area contributed by atoms with E-state index in [0.29, 0.717) is 24.3 Å². The number of carbonyl (C=O) groups excluding carboxylic acids is 2. The molecule has 3 rings (SSSR count). The molecule has 1 amide bonds. The first-order chi connectivity index (χ1) is 16.0. The van der Waals surface area contributed by atoms with Crippen LogP contribution in [-0.4, -0.2) is 71.3 Å². The van der Waals surface area contributed by atoms with E-state index in [4.69, 9.17) is 4.74 Å². The van der Waals surface area contributed by atoms with Gasteiger partial charge in [-0.3, -0.25) is 9.59 Å². The van der Waals surface area contributed by atoms with Crippen LogP contribution in [0.2, 0.25) is 0 Å². The van der Waals surface area contributed by atoms with E-state index in [1.807, 2.05) is 30.2 Å². The lowest BCUT2D eigenvalue weighted by atomic mass is 9.97. The maximum absolute atomic E-state index is 12.9. The molecule has 3 atom stereocenters. The van der Waals surface area contributed by atoms with Crippen LogP contribution in [0.25, 0.3) is 11.0 Å². The van der Waals surface area contributed by atoms with Gasteiger partial charge in [0, 0.05) is 39.1 Å². The van der Waals surface area contributed by atoms with E-state index in [2.05, 4.69) is 4.98 Å². The summed E-state index contributed by atoms with van der Waals surface area (Å²) in [7, 11) is -0.598. The molecule has 9 nitrogen and oxygen atoms in total. The zero-order chi connectivity index (χ0) is 25.2. The van der Waals surface area contributed by atoms with E-state index in [1.165, 1.54) is 14.1 Å². The molecule has 0 bridgehead atoms. The van der Waals surface area contributed by atoms with Gasteiger partial charge in [0.05, 0.1) is 22.3 Å². The van der Waals surface area contributed by atoms with Crippen LogP contribution in [0.4, 0.5) is 0 Å². The van der Waals surface area contributed by atoms with Crippen LogP contribution < -0.4 is 0 Å². The third-order valence-electron chi connectivity index (χ3n) is 6.55. The fourth-order valence-electron chi connectivity index (χ4n) is 4.66. The van der Waals surface area contributed by atoms with Gasteiger partial charge in [0.25, 0.3) is 5.91 Å². The number of piperidine rings is 1. The lowest BCUT2D eigenvalue weighted by Gasteiger charge is -2.40. The summed E-state index contributed by atoms with van der Waals surface area (Å²) >= 11 is 0. The van der Waals surface area contributed by atoms with Gasteiger partial charge in [-0.1, -0.05) is 0 Å². The van der Waals surface area contributed by atoms with Gasteiger partial charge in [-0.05, 0) is 65.2 Å². The van der Waals surface area contributed by atoms with Crippen molar-refractivity contribution in [2.45, 2.75) is 89.4 Å². The molecule has 1 aromatic carbocycles. The van der Waals surface area contributed by atoms with Crippen molar-refractivity contribution < 1.29 is 22.7 Å². The van der Waals surface area contributed by atoms with E-state index in [0.717, 1.165) is 29.1 Å². The van der Waals surface area contributed by atoms with E-state index < -0.39 is 22.1 Å². The quantitative estimate of drug-likeness (QED) is 0.525. The number of aryl methyl sites for hydroxylation is 2. The molecular weight excluding hydrogens is 456 g/mol. The van der Waals surface area contributed by atoms with Gasteiger partial charge in [0.1, 0.15) is 5.82 Å². The number of carbonyl (C=O) groups is 2. The molecule has 188 valence electrons. The van der Waals surface area contributed by atoms with Gasteiger partial charge < -0.3 is 14.2 Å². The zero-order valence-corrected chi connectivity index (χ0v) is 21.8. The van der Waals surface area contributed by atoms with Crippen LogP contribution in [0.1, 0.15) is 59.2 Å². The fourth-order valence-corrected chi connectivity index (χ4v) is 5.58. The number of sulfonamides is 1. The van der Waals surface area contributed by atoms with Gasteiger partial charge in [-0.25, -0.2) is 17.7 Å². The van der Waals surface area contributed by atoms with Crippen molar-refractivity contribution in [3.8, 4) is 0 Å². The number of likely N-dealkylation sites (tertiary alicyclic amines) is 1. The Morgan fingerprint density at radius 3 is 2.44 bits per heavy atom. The Labute approximate surface area is 202 Å². The third-order valence-corrected chi connectivity index (χ3v) is 8.36. The van der Waals surface area contributed by atoms with Gasteiger partial charge in [-0.2, -0.15) is 0 Å². The summed E-state index contributed by atoms with van der Waals surface area (Å²) in [5.74, 6) is 0.0679. The number of fused-ring (bicyclic) bond motifs is 1. The summed E-state index contributed by atoms with van der Waals surface area (Å²) in [4.78, 5) is 32.0. The highest BCUT2D eigenvalue weighted by atomic mass is 32.2. The molecule has 0 unspecified atom stereocenters. The van der Waals surface area contributed by atoms with E-state index in [1.54, 1.807) is 25.1 Å². The van der Waals surface area contributed by atoms with Crippen molar-refractivity contribution in [2.24, 2.45) is 0 Å². The van der Waals surface area contributed by atoms with E-state index >= 15 is 0 Å². The molecule has 0 N–H and O–H groups in total. The van der Waals surface area contributed by atoms with E-state index in [9.17, 15) is 18.0 Å². The number of nitrogens with zero attached hydrogens (tertiary/aromatic N) is 4. The van der Waals surface area contributed by atoms with Crippen molar-refractivity contribution in [1.82, 2.24) is 18.8 Å². The van der Waals surface area contributed by atoms with Gasteiger partial charge in [0.2, 0.25) is 10.0 Å². The fraction of sp³-hybridized carbons (Fsp3) is 0.625. The van der Waals surface area contributed by atoms with Crippen LogP contribution in [0.5, 0.6) is 0 Å². The molecule has 2 aromatic rings. The first-order valence-electron chi connectivity index (χ1n) is 11.9. The molecule has 0 spiro atoms. The van der Waals surface area contributed by atoms with Crippen molar-refractivity contribution in [1.29, 1.82) is 0 Å². The average Bonchev–Trinajstić information content (AvgIpc) is 3.13.